The fraction of sp³-hybridized carbons (Fsp3) is 0. The molecule has 0 bridgehead atoms. The van der Waals surface area contributed by atoms with Gasteiger partial charge in [0, 0.05) is 18.4 Å². The van der Waals surface area contributed by atoms with Gasteiger partial charge in [0.05, 0.1) is 5.69 Å². The van der Waals surface area contributed by atoms with E-state index >= 15 is 0 Å². The first-order valence-electron chi connectivity index (χ1n) is 7.03. The van der Waals surface area contributed by atoms with Crippen LogP contribution in [-0.2, 0) is 9.59 Å². The first kappa shape index (κ1) is 16.9. The second-order valence-corrected chi connectivity index (χ2v) is 4.57. The predicted molar refractivity (Wildman–Crippen MR) is 91.8 cm³/mol. The summed E-state index contributed by atoms with van der Waals surface area (Å²) in [5.74, 6) is -0.158. The molecule has 0 amide bonds. The number of benzene rings is 2. The Kier molecular flexibility index (Phi) is 5.80. The van der Waals surface area contributed by atoms with Gasteiger partial charge in [-0.3, -0.25) is 4.99 Å². The standard InChI is InChI=1S/C19H15NO4/c1-3-18(21)23-16-9-5-14(6-10-16)13-20-15-7-11-17(12-8-15)24-19(22)4-2/h3-13H,1-2H2. The van der Waals surface area contributed by atoms with Crippen LogP contribution in [0.1, 0.15) is 5.56 Å². The van der Waals surface area contributed by atoms with Crippen LogP contribution in [0, 0.1) is 0 Å². The maximum Gasteiger partial charge on any atom is 0.335 e. The highest BCUT2D eigenvalue weighted by atomic mass is 16.5. The third-order valence-corrected chi connectivity index (χ3v) is 2.85. The molecule has 0 saturated heterocycles. The Balaban J connectivity index is 1.99. The number of hydrogen-bond donors (Lipinski definition) is 0. The minimum absolute atomic E-state index is 0.423. The van der Waals surface area contributed by atoms with Gasteiger partial charge in [0.2, 0.25) is 0 Å². The second kappa shape index (κ2) is 8.24. The second-order valence-electron chi connectivity index (χ2n) is 4.57. The summed E-state index contributed by atoms with van der Waals surface area (Å²) in [5.41, 5.74) is 1.55. The van der Waals surface area contributed by atoms with Gasteiger partial charge in [-0.15, -0.1) is 0 Å². The van der Waals surface area contributed by atoms with Crippen LogP contribution in [0.3, 0.4) is 0 Å². The third-order valence-electron chi connectivity index (χ3n) is 2.85. The monoisotopic (exact) mass is 321 g/mol. The van der Waals surface area contributed by atoms with Crippen molar-refractivity contribution < 1.29 is 19.1 Å². The smallest absolute Gasteiger partial charge is 0.335 e. The van der Waals surface area contributed by atoms with E-state index in [2.05, 4.69) is 18.2 Å². The Hall–Kier alpha value is -3.47. The van der Waals surface area contributed by atoms with Crippen LogP contribution in [0.15, 0.2) is 78.8 Å². The van der Waals surface area contributed by atoms with Crippen LogP contribution in [0.4, 0.5) is 5.69 Å². The van der Waals surface area contributed by atoms with Crippen LogP contribution in [0.2, 0.25) is 0 Å². The van der Waals surface area contributed by atoms with E-state index in [4.69, 9.17) is 9.47 Å². The number of carbonyl (C=O) groups excluding carboxylic acids is 2. The van der Waals surface area contributed by atoms with Crippen LogP contribution in [0.25, 0.3) is 0 Å². The van der Waals surface area contributed by atoms with Crippen LogP contribution in [0.5, 0.6) is 11.5 Å². The van der Waals surface area contributed by atoms with Crippen molar-refractivity contribution in [3.63, 3.8) is 0 Å². The lowest BCUT2D eigenvalue weighted by atomic mass is 10.2. The van der Waals surface area contributed by atoms with E-state index in [9.17, 15) is 9.59 Å². The molecule has 5 heteroatoms. The lowest BCUT2D eigenvalue weighted by Crippen LogP contribution is -2.02. The highest BCUT2D eigenvalue weighted by Gasteiger charge is 2.00. The Morgan fingerprint density at radius 3 is 1.71 bits per heavy atom. The van der Waals surface area contributed by atoms with Crippen molar-refractivity contribution in [2.75, 3.05) is 0 Å². The molecule has 0 atom stereocenters. The minimum atomic E-state index is -0.511. The van der Waals surface area contributed by atoms with E-state index in [1.54, 1.807) is 54.7 Å². The zero-order valence-electron chi connectivity index (χ0n) is 12.8. The third kappa shape index (κ3) is 5.06. The predicted octanol–water partition coefficient (Wildman–Crippen LogP) is 3.62. The van der Waals surface area contributed by atoms with Gasteiger partial charge in [0.1, 0.15) is 11.5 Å². The van der Waals surface area contributed by atoms with Crippen molar-refractivity contribution in [3.8, 4) is 11.5 Å². The van der Waals surface area contributed by atoms with Gasteiger partial charge < -0.3 is 9.47 Å². The van der Waals surface area contributed by atoms with Gasteiger partial charge >= 0.3 is 11.9 Å². The molecular weight excluding hydrogens is 306 g/mol. The molecule has 0 heterocycles. The van der Waals surface area contributed by atoms with Crippen molar-refractivity contribution in [3.05, 3.63) is 79.4 Å². The molecule has 0 unspecified atom stereocenters. The molecule has 0 radical (unpaired) electrons. The number of hydrogen-bond acceptors (Lipinski definition) is 5. The zero-order chi connectivity index (χ0) is 17.4. The summed E-state index contributed by atoms with van der Waals surface area (Å²) in [6, 6.07) is 13.6. The number of nitrogens with zero attached hydrogens (tertiary/aromatic N) is 1. The summed E-state index contributed by atoms with van der Waals surface area (Å²) in [4.78, 5) is 26.5. The molecule has 5 nitrogen and oxygen atoms in total. The summed E-state index contributed by atoms with van der Waals surface area (Å²) >= 11 is 0. The number of ether oxygens (including phenoxy) is 2. The van der Waals surface area contributed by atoms with Gasteiger partial charge in [-0.1, -0.05) is 13.2 Å². The summed E-state index contributed by atoms with van der Waals surface area (Å²) in [6.45, 7) is 6.67. The molecule has 0 aliphatic rings. The van der Waals surface area contributed by atoms with E-state index in [1.165, 1.54) is 0 Å². The molecule has 0 N–H and O–H groups in total. The molecule has 0 spiro atoms. The molecule has 24 heavy (non-hydrogen) atoms. The summed E-state index contributed by atoms with van der Waals surface area (Å²) in [5, 5.41) is 0. The molecule has 0 fully saturated rings. The van der Waals surface area contributed by atoms with Gasteiger partial charge in [0.15, 0.2) is 0 Å². The highest BCUT2D eigenvalue weighted by molar-refractivity contribution is 5.85. The quantitative estimate of drug-likeness (QED) is 0.353. The average molecular weight is 321 g/mol. The van der Waals surface area contributed by atoms with E-state index < -0.39 is 11.9 Å². The van der Waals surface area contributed by atoms with Crippen molar-refractivity contribution in [1.82, 2.24) is 0 Å². The summed E-state index contributed by atoms with van der Waals surface area (Å²) in [6.07, 6.45) is 3.87. The number of esters is 2. The first-order valence-corrected chi connectivity index (χ1v) is 7.03. The van der Waals surface area contributed by atoms with E-state index in [-0.39, 0.29) is 0 Å². The topological polar surface area (TPSA) is 65.0 Å². The zero-order valence-corrected chi connectivity index (χ0v) is 12.8. The average Bonchev–Trinajstić information content (AvgIpc) is 2.62. The van der Waals surface area contributed by atoms with Crippen molar-refractivity contribution in [2.45, 2.75) is 0 Å². The lowest BCUT2D eigenvalue weighted by Gasteiger charge is -2.02. The molecule has 0 aliphatic heterocycles. The Morgan fingerprint density at radius 1 is 0.792 bits per heavy atom. The molecular formula is C19H15NO4. The fourth-order valence-corrected chi connectivity index (χ4v) is 1.69. The van der Waals surface area contributed by atoms with Crippen LogP contribution in [-0.4, -0.2) is 18.2 Å². The maximum absolute atomic E-state index is 11.1. The van der Waals surface area contributed by atoms with Crippen LogP contribution < -0.4 is 9.47 Å². The SMILES string of the molecule is C=CC(=O)Oc1ccc(C=Nc2ccc(OC(=O)C=C)cc2)cc1. The number of rotatable bonds is 6. The minimum Gasteiger partial charge on any atom is -0.423 e. The molecule has 2 aromatic rings. The van der Waals surface area contributed by atoms with Gasteiger partial charge in [-0.2, -0.15) is 0 Å². The Morgan fingerprint density at radius 2 is 1.25 bits per heavy atom. The largest absolute Gasteiger partial charge is 0.423 e. The molecule has 0 saturated carbocycles. The Bertz CT molecular complexity index is 707. The molecule has 2 aromatic carbocycles. The van der Waals surface area contributed by atoms with E-state index in [1.807, 2.05) is 0 Å². The van der Waals surface area contributed by atoms with Crippen molar-refractivity contribution >= 4 is 23.8 Å². The van der Waals surface area contributed by atoms with Gasteiger partial charge in [0.25, 0.3) is 0 Å². The highest BCUT2D eigenvalue weighted by Crippen LogP contribution is 2.19. The normalized spacial score (nSPS) is 10.2. The lowest BCUT2D eigenvalue weighted by molar-refractivity contribution is -0.129. The van der Waals surface area contributed by atoms with E-state index in [0.717, 1.165) is 17.7 Å². The molecule has 0 aliphatic carbocycles. The van der Waals surface area contributed by atoms with Gasteiger partial charge in [-0.05, 0) is 54.1 Å². The van der Waals surface area contributed by atoms with Crippen molar-refractivity contribution in [2.24, 2.45) is 4.99 Å². The molecule has 120 valence electrons. The summed E-state index contributed by atoms with van der Waals surface area (Å²) < 4.78 is 9.96. The van der Waals surface area contributed by atoms with Gasteiger partial charge in [-0.25, -0.2) is 9.59 Å². The molecule has 0 aromatic heterocycles. The number of aliphatic imine (C=N–C) groups is 1. The summed E-state index contributed by atoms with van der Waals surface area (Å²) in [7, 11) is 0. The Labute approximate surface area is 139 Å². The maximum atomic E-state index is 11.1. The first-order chi connectivity index (χ1) is 11.6. The molecule has 2 rings (SSSR count). The van der Waals surface area contributed by atoms with E-state index in [0.29, 0.717) is 17.2 Å². The van der Waals surface area contributed by atoms with Crippen molar-refractivity contribution in [1.29, 1.82) is 0 Å². The number of carbonyl (C=O) groups is 2. The fourth-order valence-electron chi connectivity index (χ4n) is 1.69. The van der Waals surface area contributed by atoms with Crippen LogP contribution >= 0.6 is 0 Å².